The van der Waals surface area contributed by atoms with E-state index in [1.807, 2.05) is 6.07 Å². The summed E-state index contributed by atoms with van der Waals surface area (Å²) in [5.74, 6) is 1.43. The standard InChI is InChI=1S/C20H21N5/c1-2-7-16(8-3-1)12-13-21-19-15-22-24-20(23-19)25-14-6-10-17-9-4-5-11-18(17)25/h1-5,7-9,11,15H,6,10,12-14H2,(H,21,23,24). The van der Waals surface area contributed by atoms with Gasteiger partial charge in [0.2, 0.25) is 0 Å². The first-order valence-electron chi connectivity index (χ1n) is 8.73. The second kappa shape index (κ2) is 7.30. The van der Waals surface area contributed by atoms with Gasteiger partial charge in [0.1, 0.15) is 0 Å². The highest BCUT2D eigenvalue weighted by Crippen LogP contribution is 2.31. The van der Waals surface area contributed by atoms with Crippen LogP contribution in [0.3, 0.4) is 0 Å². The van der Waals surface area contributed by atoms with Crippen molar-refractivity contribution in [1.29, 1.82) is 0 Å². The Bertz CT molecular complexity index is 834. The zero-order valence-electron chi connectivity index (χ0n) is 14.1. The van der Waals surface area contributed by atoms with Crippen molar-refractivity contribution in [3.8, 4) is 0 Å². The minimum absolute atomic E-state index is 0.664. The van der Waals surface area contributed by atoms with E-state index >= 15 is 0 Å². The van der Waals surface area contributed by atoms with Gasteiger partial charge in [-0.15, -0.1) is 5.10 Å². The number of hydrogen-bond donors (Lipinski definition) is 1. The molecule has 0 saturated heterocycles. The van der Waals surface area contributed by atoms with E-state index in [0.717, 1.165) is 38.2 Å². The molecule has 5 heteroatoms. The molecule has 2 heterocycles. The number of aromatic nitrogens is 3. The Morgan fingerprint density at radius 3 is 2.76 bits per heavy atom. The minimum Gasteiger partial charge on any atom is -0.368 e. The van der Waals surface area contributed by atoms with E-state index in [-0.39, 0.29) is 0 Å². The number of aryl methyl sites for hydroxylation is 1. The van der Waals surface area contributed by atoms with Crippen LogP contribution in [-0.4, -0.2) is 28.3 Å². The van der Waals surface area contributed by atoms with Gasteiger partial charge in [0.25, 0.3) is 5.95 Å². The van der Waals surface area contributed by atoms with E-state index in [9.17, 15) is 0 Å². The lowest BCUT2D eigenvalue weighted by atomic mass is 10.0. The molecule has 5 nitrogen and oxygen atoms in total. The van der Waals surface area contributed by atoms with Crippen LogP contribution in [-0.2, 0) is 12.8 Å². The van der Waals surface area contributed by atoms with Crippen molar-refractivity contribution in [3.05, 3.63) is 71.9 Å². The van der Waals surface area contributed by atoms with Gasteiger partial charge in [0.05, 0.1) is 6.20 Å². The van der Waals surface area contributed by atoms with Crippen molar-refractivity contribution in [2.45, 2.75) is 19.3 Å². The summed E-state index contributed by atoms with van der Waals surface area (Å²) < 4.78 is 0. The summed E-state index contributed by atoms with van der Waals surface area (Å²) in [5, 5.41) is 11.8. The SMILES string of the molecule is c1ccc(CCNc2cnnc(N3CCCc4ccccc43)n2)cc1. The van der Waals surface area contributed by atoms with Crippen LogP contribution in [0.25, 0.3) is 0 Å². The summed E-state index contributed by atoms with van der Waals surface area (Å²) >= 11 is 0. The van der Waals surface area contributed by atoms with Crippen LogP contribution < -0.4 is 10.2 Å². The van der Waals surface area contributed by atoms with E-state index in [2.05, 4.69) is 73.9 Å². The molecule has 0 amide bonds. The van der Waals surface area contributed by atoms with Crippen molar-refractivity contribution in [1.82, 2.24) is 15.2 Å². The Hall–Kier alpha value is -2.95. The first kappa shape index (κ1) is 15.6. The van der Waals surface area contributed by atoms with Gasteiger partial charge in [0, 0.05) is 18.8 Å². The summed E-state index contributed by atoms with van der Waals surface area (Å²) in [7, 11) is 0. The molecular weight excluding hydrogens is 310 g/mol. The van der Waals surface area contributed by atoms with Crippen molar-refractivity contribution in [2.75, 3.05) is 23.3 Å². The Labute approximate surface area is 147 Å². The maximum Gasteiger partial charge on any atom is 0.251 e. The fourth-order valence-electron chi connectivity index (χ4n) is 3.21. The first-order valence-corrected chi connectivity index (χ1v) is 8.73. The lowest BCUT2D eigenvalue weighted by Gasteiger charge is -2.29. The molecule has 0 spiro atoms. The van der Waals surface area contributed by atoms with Crippen molar-refractivity contribution in [3.63, 3.8) is 0 Å². The van der Waals surface area contributed by atoms with Crippen molar-refractivity contribution < 1.29 is 0 Å². The highest BCUT2D eigenvalue weighted by atomic mass is 15.3. The van der Waals surface area contributed by atoms with Gasteiger partial charge in [-0.1, -0.05) is 48.5 Å². The number of hydrogen-bond acceptors (Lipinski definition) is 5. The van der Waals surface area contributed by atoms with Crippen LogP contribution >= 0.6 is 0 Å². The molecule has 0 unspecified atom stereocenters. The molecule has 4 rings (SSSR count). The van der Waals surface area contributed by atoms with Gasteiger partial charge in [-0.3, -0.25) is 0 Å². The molecule has 1 N–H and O–H groups in total. The van der Waals surface area contributed by atoms with Gasteiger partial charge in [-0.25, -0.2) is 0 Å². The molecule has 2 aromatic carbocycles. The average Bonchev–Trinajstić information content (AvgIpc) is 2.69. The lowest BCUT2D eigenvalue weighted by Crippen LogP contribution is -2.26. The quantitative estimate of drug-likeness (QED) is 0.774. The van der Waals surface area contributed by atoms with Crippen LogP contribution in [0, 0.1) is 0 Å². The summed E-state index contributed by atoms with van der Waals surface area (Å²) in [6.07, 6.45) is 4.85. The molecule has 0 fully saturated rings. The molecule has 3 aromatic rings. The Morgan fingerprint density at radius 1 is 1.00 bits per heavy atom. The summed E-state index contributed by atoms with van der Waals surface area (Å²) in [4.78, 5) is 6.83. The average molecular weight is 331 g/mol. The molecule has 1 aliphatic rings. The second-order valence-electron chi connectivity index (χ2n) is 6.19. The van der Waals surface area contributed by atoms with E-state index < -0.39 is 0 Å². The summed E-state index contributed by atoms with van der Waals surface area (Å²) in [6.45, 7) is 1.74. The number of nitrogens with one attached hydrogen (secondary N) is 1. The van der Waals surface area contributed by atoms with Gasteiger partial charge < -0.3 is 10.2 Å². The zero-order chi connectivity index (χ0) is 16.9. The predicted molar refractivity (Wildman–Crippen MR) is 100 cm³/mol. The molecule has 0 radical (unpaired) electrons. The molecule has 0 bridgehead atoms. The van der Waals surface area contributed by atoms with E-state index in [4.69, 9.17) is 0 Å². The summed E-state index contributed by atoms with van der Waals surface area (Å²) in [5.41, 5.74) is 3.85. The van der Waals surface area contributed by atoms with Crippen molar-refractivity contribution in [2.24, 2.45) is 0 Å². The highest BCUT2D eigenvalue weighted by molar-refractivity contribution is 5.63. The third-order valence-electron chi connectivity index (χ3n) is 4.46. The van der Waals surface area contributed by atoms with Gasteiger partial charge in [0.15, 0.2) is 5.82 Å². The molecule has 0 aliphatic carbocycles. The third-order valence-corrected chi connectivity index (χ3v) is 4.46. The number of fused-ring (bicyclic) bond motifs is 1. The van der Waals surface area contributed by atoms with Gasteiger partial charge in [-0.2, -0.15) is 10.1 Å². The number of nitrogens with zero attached hydrogens (tertiary/aromatic N) is 4. The maximum absolute atomic E-state index is 4.67. The lowest BCUT2D eigenvalue weighted by molar-refractivity contribution is 0.741. The highest BCUT2D eigenvalue weighted by Gasteiger charge is 2.20. The molecular formula is C20H21N5. The number of rotatable bonds is 5. The predicted octanol–water partition coefficient (Wildman–Crippen LogP) is 3.61. The fraction of sp³-hybridized carbons (Fsp3) is 0.250. The largest absolute Gasteiger partial charge is 0.368 e. The topological polar surface area (TPSA) is 53.9 Å². The van der Waals surface area contributed by atoms with Crippen LogP contribution in [0.15, 0.2) is 60.8 Å². The Balaban J connectivity index is 1.47. The number of benzene rings is 2. The van der Waals surface area contributed by atoms with Crippen LogP contribution in [0.1, 0.15) is 17.5 Å². The van der Waals surface area contributed by atoms with Crippen LogP contribution in [0.2, 0.25) is 0 Å². The third kappa shape index (κ3) is 3.60. The Morgan fingerprint density at radius 2 is 1.84 bits per heavy atom. The zero-order valence-corrected chi connectivity index (χ0v) is 14.1. The molecule has 126 valence electrons. The normalized spacial score (nSPS) is 13.4. The van der Waals surface area contributed by atoms with Gasteiger partial charge >= 0.3 is 0 Å². The molecule has 0 atom stereocenters. The number of anilines is 3. The molecule has 1 aliphatic heterocycles. The van der Waals surface area contributed by atoms with Crippen LogP contribution in [0.4, 0.5) is 17.5 Å². The van der Waals surface area contributed by atoms with E-state index in [0.29, 0.717) is 5.95 Å². The van der Waals surface area contributed by atoms with E-state index in [1.165, 1.54) is 16.8 Å². The van der Waals surface area contributed by atoms with Crippen LogP contribution in [0.5, 0.6) is 0 Å². The molecule has 25 heavy (non-hydrogen) atoms. The van der Waals surface area contributed by atoms with Crippen molar-refractivity contribution >= 4 is 17.5 Å². The minimum atomic E-state index is 0.664. The molecule has 1 aromatic heterocycles. The van der Waals surface area contributed by atoms with Gasteiger partial charge in [-0.05, 0) is 36.5 Å². The fourth-order valence-corrected chi connectivity index (χ4v) is 3.21. The Kier molecular flexibility index (Phi) is 4.55. The maximum atomic E-state index is 4.67. The number of para-hydroxylation sites is 1. The second-order valence-corrected chi connectivity index (χ2v) is 6.19. The smallest absolute Gasteiger partial charge is 0.251 e. The monoisotopic (exact) mass is 331 g/mol. The molecule has 0 saturated carbocycles. The first-order chi connectivity index (χ1) is 12.4. The summed E-state index contributed by atoms with van der Waals surface area (Å²) in [6, 6.07) is 18.9. The van der Waals surface area contributed by atoms with E-state index in [1.54, 1.807) is 6.20 Å².